The van der Waals surface area contributed by atoms with E-state index in [4.69, 9.17) is 10.8 Å². The van der Waals surface area contributed by atoms with Crippen LogP contribution in [0.2, 0.25) is 0 Å². The Hall–Kier alpha value is -2.98. The van der Waals surface area contributed by atoms with Crippen LogP contribution in [0.3, 0.4) is 0 Å². The van der Waals surface area contributed by atoms with Crippen LogP contribution in [-0.2, 0) is 6.42 Å². The molecule has 1 atom stereocenters. The fourth-order valence-corrected chi connectivity index (χ4v) is 4.69. The van der Waals surface area contributed by atoms with Gasteiger partial charge in [-0.2, -0.15) is 0 Å². The SMILES string of the molecule is NC(=O)c1ccc(-c2nn(C3CCCc4ccccc43)c3ncnc([As])c23)cc1. The molecule has 1 aliphatic rings. The molecule has 29 heavy (non-hydrogen) atoms. The average molecular weight is 443 g/mol. The molecule has 2 aromatic heterocycles. The summed E-state index contributed by atoms with van der Waals surface area (Å²) < 4.78 is 2.87. The van der Waals surface area contributed by atoms with Crippen molar-refractivity contribution in [1.82, 2.24) is 19.7 Å². The number of hydrogen-bond donors (Lipinski definition) is 1. The molecule has 7 heteroatoms. The Labute approximate surface area is 176 Å². The summed E-state index contributed by atoms with van der Waals surface area (Å²) in [5.74, 6) is -0.443. The van der Waals surface area contributed by atoms with Crippen molar-refractivity contribution >= 4 is 38.3 Å². The fraction of sp³-hybridized carbons (Fsp3) is 0.182. The third-order valence-electron chi connectivity index (χ3n) is 5.54. The predicted octanol–water partition coefficient (Wildman–Crippen LogP) is 2.31. The molecular formula is C22H18AsN5O. The van der Waals surface area contributed by atoms with Crippen molar-refractivity contribution in [3.05, 3.63) is 71.5 Å². The number of aryl methyl sites for hydroxylation is 1. The first-order valence-electron chi connectivity index (χ1n) is 9.53. The summed E-state index contributed by atoms with van der Waals surface area (Å²) in [4.78, 5) is 20.4. The Morgan fingerprint density at radius 3 is 2.69 bits per heavy atom. The van der Waals surface area contributed by atoms with Crippen LogP contribution >= 0.6 is 0 Å². The van der Waals surface area contributed by atoms with Gasteiger partial charge in [-0.1, -0.05) is 0 Å². The zero-order valence-electron chi connectivity index (χ0n) is 15.6. The first-order valence-corrected chi connectivity index (χ1v) is 10.5. The number of hydrogen-bond acceptors (Lipinski definition) is 4. The van der Waals surface area contributed by atoms with Crippen LogP contribution in [0.5, 0.6) is 0 Å². The molecule has 0 spiro atoms. The molecule has 4 aromatic rings. The van der Waals surface area contributed by atoms with Crippen molar-refractivity contribution in [3.8, 4) is 11.3 Å². The number of carbonyl (C=O) groups excluding carboxylic acids is 1. The second kappa shape index (κ2) is 7.12. The predicted molar refractivity (Wildman–Crippen MR) is 112 cm³/mol. The molecule has 0 bridgehead atoms. The van der Waals surface area contributed by atoms with Gasteiger partial charge in [0.1, 0.15) is 0 Å². The summed E-state index contributed by atoms with van der Waals surface area (Å²) in [5, 5.41) is 5.92. The number of benzene rings is 2. The van der Waals surface area contributed by atoms with E-state index in [0.717, 1.165) is 46.0 Å². The van der Waals surface area contributed by atoms with Crippen molar-refractivity contribution in [2.75, 3.05) is 0 Å². The van der Waals surface area contributed by atoms with Gasteiger partial charge in [-0.25, -0.2) is 0 Å². The Balaban J connectivity index is 1.71. The van der Waals surface area contributed by atoms with Crippen LogP contribution < -0.4 is 10.2 Å². The van der Waals surface area contributed by atoms with E-state index in [9.17, 15) is 4.79 Å². The maximum absolute atomic E-state index is 11.4. The zero-order valence-corrected chi connectivity index (χ0v) is 17.5. The number of aromatic nitrogens is 4. The first-order chi connectivity index (χ1) is 14.1. The molecule has 2 N–H and O–H groups in total. The number of nitrogens with zero attached hydrogens (tertiary/aromatic N) is 4. The molecule has 6 nitrogen and oxygen atoms in total. The molecule has 1 aliphatic carbocycles. The average Bonchev–Trinajstić information content (AvgIpc) is 3.14. The number of primary amides is 1. The van der Waals surface area contributed by atoms with E-state index in [1.165, 1.54) is 11.1 Å². The van der Waals surface area contributed by atoms with Gasteiger partial charge >= 0.3 is 177 Å². The summed E-state index contributed by atoms with van der Waals surface area (Å²) in [6.45, 7) is 0. The quantitative estimate of drug-likeness (QED) is 0.493. The number of carbonyl (C=O) groups is 1. The summed E-state index contributed by atoms with van der Waals surface area (Å²) in [6, 6.07) is 15.9. The molecule has 0 aliphatic heterocycles. The number of rotatable bonds is 3. The minimum atomic E-state index is -0.443. The monoisotopic (exact) mass is 443 g/mol. The minimum absolute atomic E-state index is 0.142. The van der Waals surface area contributed by atoms with E-state index < -0.39 is 5.91 Å². The van der Waals surface area contributed by atoms with Gasteiger partial charge < -0.3 is 0 Å². The van der Waals surface area contributed by atoms with Crippen LogP contribution in [-0.4, -0.2) is 42.5 Å². The van der Waals surface area contributed by atoms with Gasteiger partial charge in [0, 0.05) is 0 Å². The van der Waals surface area contributed by atoms with Crippen LogP contribution in [0.15, 0.2) is 54.9 Å². The molecular weight excluding hydrogens is 425 g/mol. The Morgan fingerprint density at radius 1 is 1.10 bits per heavy atom. The van der Waals surface area contributed by atoms with Gasteiger partial charge in [-0.05, 0) is 0 Å². The summed E-state index contributed by atoms with van der Waals surface area (Å²) in [7, 11) is 0. The zero-order chi connectivity index (χ0) is 20.0. The molecule has 0 saturated carbocycles. The summed E-state index contributed by atoms with van der Waals surface area (Å²) in [6.07, 6.45) is 4.82. The number of nitrogens with two attached hydrogens (primary N) is 1. The van der Waals surface area contributed by atoms with Crippen LogP contribution in [0.4, 0.5) is 0 Å². The molecule has 0 saturated heterocycles. The second-order valence-electron chi connectivity index (χ2n) is 7.24. The van der Waals surface area contributed by atoms with E-state index in [1.807, 2.05) is 16.8 Å². The van der Waals surface area contributed by atoms with Gasteiger partial charge in [-0.3, -0.25) is 0 Å². The number of amides is 1. The van der Waals surface area contributed by atoms with Crippen molar-refractivity contribution in [2.24, 2.45) is 5.73 Å². The fourth-order valence-electron chi connectivity index (χ4n) is 4.15. The standard InChI is InChI=1S/C22H18AsN5O/c23-20-18-19(14-8-10-15(11-9-14)21(24)29)27-28(22(18)26-12-25-20)17-7-3-5-13-4-1-2-6-16(13)17/h1-2,4,6,8-12,17H,3,5,7H2,(H2,24,29). The van der Waals surface area contributed by atoms with E-state index in [1.54, 1.807) is 18.5 Å². The van der Waals surface area contributed by atoms with E-state index >= 15 is 0 Å². The molecule has 2 radical (unpaired) electrons. The molecule has 2 heterocycles. The third-order valence-corrected chi connectivity index (χ3v) is 6.26. The Morgan fingerprint density at radius 2 is 1.90 bits per heavy atom. The Kier molecular flexibility index (Phi) is 4.44. The molecule has 142 valence electrons. The van der Waals surface area contributed by atoms with E-state index in [2.05, 4.69) is 51.1 Å². The van der Waals surface area contributed by atoms with Crippen LogP contribution in [0.1, 0.15) is 40.4 Å². The molecule has 2 aromatic carbocycles. The normalized spacial score (nSPS) is 16.0. The van der Waals surface area contributed by atoms with Crippen molar-refractivity contribution in [2.45, 2.75) is 25.3 Å². The molecule has 5 rings (SSSR count). The van der Waals surface area contributed by atoms with Crippen LogP contribution in [0, 0.1) is 0 Å². The van der Waals surface area contributed by atoms with Gasteiger partial charge in [0.2, 0.25) is 0 Å². The molecule has 1 unspecified atom stereocenters. The topological polar surface area (TPSA) is 86.7 Å². The Bertz CT molecular complexity index is 1230. The van der Waals surface area contributed by atoms with Crippen LogP contribution in [0.25, 0.3) is 22.3 Å². The maximum atomic E-state index is 11.4. The van der Waals surface area contributed by atoms with Gasteiger partial charge in [0.05, 0.1) is 0 Å². The van der Waals surface area contributed by atoms with Gasteiger partial charge in [-0.15, -0.1) is 0 Å². The summed E-state index contributed by atoms with van der Waals surface area (Å²) in [5.41, 5.74) is 11.1. The third kappa shape index (κ3) is 3.04. The van der Waals surface area contributed by atoms with E-state index in [0.29, 0.717) is 5.56 Å². The molecule has 0 fully saturated rings. The van der Waals surface area contributed by atoms with Crippen molar-refractivity contribution in [1.29, 1.82) is 0 Å². The first kappa shape index (κ1) is 18.1. The van der Waals surface area contributed by atoms with Gasteiger partial charge in [0.15, 0.2) is 0 Å². The van der Waals surface area contributed by atoms with Crippen molar-refractivity contribution < 1.29 is 4.79 Å². The second-order valence-corrected chi connectivity index (χ2v) is 8.13. The number of fused-ring (bicyclic) bond motifs is 2. The van der Waals surface area contributed by atoms with Crippen molar-refractivity contribution in [3.63, 3.8) is 0 Å². The molecule has 1 amide bonds. The summed E-state index contributed by atoms with van der Waals surface area (Å²) >= 11 is 2.51. The van der Waals surface area contributed by atoms with E-state index in [-0.39, 0.29) is 6.04 Å². The van der Waals surface area contributed by atoms with Gasteiger partial charge in [0.25, 0.3) is 0 Å².